The van der Waals surface area contributed by atoms with Crippen LogP contribution in [0, 0.1) is 0 Å². The van der Waals surface area contributed by atoms with Gasteiger partial charge in [-0.1, -0.05) is 28.9 Å². The Hall–Kier alpha value is -1.04. The highest BCUT2D eigenvalue weighted by Gasteiger charge is 2.21. The minimum Gasteiger partial charge on any atom is -0.496 e. The number of ether oxygens (including phenoxy) is 2. The van der Waals surface area contributed by atoms with Crippen molar-refractivity contribution in [1.82, 2.24) is 5.32 Å². The molecular formula is C16H20BrNO2S. The average molecular weight is 370 g/mol. The zero-order chi connectivity index (χ0) is 15.2. The normalized spacial score (nSPS) is 12.2. The Morgan fingerprint density at radius 3 is 2.71 bits per heavy atom. The first-order chi connectivity index (χ1) is 10.2. The van der Waals surface area contributed by atoms with Crippen LogP contribution in [0.4, 0.5) is 0 Å². The maximum absolute atomic E-state index is 5.54. The lowest BCUT2D eigenvalue weighted by atomic mass is 10.0. The largest absolute Gasteiger partial charge is 0.496 e. The second-order valence-corrected chi connectivity index (χ2v) is 6.26. The first-order valence-electron chi connectivity index (χ1n) is 6.98. The number of thiophene rings is 1. The molecule has 1 aromatic carbocycles. The summed E-state index contributed by atoms with van der Waals surface area (Å²) in [6.07, 6.45) is 0. The third-order valence-corrected chi connectivity index (χ3v) is 4.79. The van der Waals surface area contributed by atoms with Gasteiger partial charge in [0, 0.05) is 4.47 Å². The van der Waals surface area contributed by atoms with E-state index in [4.69, 9.17) is 9.47 Å². The van der Waals surface area contributed by atoms with Gasteiger partial charge in [-0.2, -0.15) is 0 Å². The highest BCUT2D eigenvalue weighted by Crippen LogP contribution is 2.38. The molecule has 0 saturated carbocycles. The quantitative estimate of drug-likeness (QED) is 0.772. The molecule has 1 N–H and O–H groups in total. The summed E-state index contributed by atoms with van der Waals surface area (Å²) in [6.45, 7) is 5.64. The van der Waals surface area contributed by atoms with Crippen molar-refractivity contribution >= 4 is 27.3 Å². The summed E-state index contributed by atoms with van der Waals surface area (Å²) < 4.78 is 12.0. The van der Waals surface area contributed by atoms with Crippen LogP contribution in [0.25, 0.3) is 0 Å². The summed E-state index contributed by atoms with van der Waals surface area (Å²) in [5.41, 5.74) is 1.18. The summed E-state index contributed by atoms with van der Waals surface area (Å²) in [7, 11) is 1.71. The number of rotatable bonds is 7. The third kappa shape index (κ3) is 3.78. The van der Waals surface area contributed by atoms with Crippen LogP contribution >= 0.6 is 27.3 Å². The van der Waals surface area contributed by atoms with E-state index in [0.29, 0.717) is 6.61 Å². The van der Waals surface area contributed by atoms with Gasteiger partial charge >= 0.3 is 0 Å². The van der Waals surface area contributed by atoms with Crippen molar-refractivity contribution in [3.63, 3.8) is 0 Å². The van der Waals surface area contributed by atoms with Gasteiger partial charge in [0.25, 0.3) is 0 Å². The van der Waals surface area contributed by atoms with Crippen molar-refractivity contribution < 1.29 is 9.47 Å². The van der Waals surface area contributed by atoms with Crippen LogP contribution in [0.5, 0.6) is 11.5 Å². The minimum atomic E-state index is 0.106. The van der Waals surface area contributed by atoms with E-state index in [0.717, 1.165) is 22.5 Å². The SMILES string of the molecule is CCNC(c1ccc(OCC)cc1Br)c1sccc1OC. The zero-order valence-electron chi connectivity index (χ0n) is 12.5. The summed E-state index contributed by atoms with van der Waals surface area (Å²) in [5, 5.41) is 5.58. The number of benzene rings is 1. The maximum atomic E-state index is 5.54. The number of hydrogen-bond acceptors (Lipinski definition) is 4. The van der Waals surface area contributed by atoms with Crippen molar-refractivity contribution in [3.8, 4) is 11.5 Å². The van der Waals surface area contributed by atoms with E-state index in [1.807, 2.05) is 25.1 Å². The Morgan fingerprint density at radius 1 is 1.29 bits per heavy atom. The smallest absolute Gasteiger partial charge is 0.134 e. The molecule has 0 amide bonds. The van der Waals surface area contributed by atoms with E-state index in [-0.39, 0.29) is 6.04 Å². The summed E-state index contributed by atoms with van der Waals surface area (Å²) in [4.78, 5) is 1.18. The standard InChI is InChI=1S/C16H20BrNO2S/c1-4-18-15(16-14(19-3)8-9-21-16)12-7-6-11(20-5-2)10-13(12)17/h6-10,15,18H,4-5H2,1-3H3. The molecule has 1 unspecified atom stereocenters. The molecule has 0 radical (unpaired) electrons. The predicted octanol–water partition coefficient (Wildman–Crippen LogP) is 4.62. The van der Waals surface area contributed by atoms with Crippen molar-refractivity contribution in [3.05, 3.63) is 44.6 Å². The van der Waals surface area contributed by atoms with Crippen molar-refractivity contribution in [1.29, 1.82) is 0 Å². The van der Waals surface area contributed by atoms with Gasteiger partial charge in [-0.25, -0.2) is 0 Å². The van der Waals surface area contributed by atoms with Gasteiger partial charge in [-0.15, -0.1) is 11.3 Å². The van der Waals surface area contributed by atoms with Gasteiger partial charge in [0.05, 0.1) is 24.6 Å². The lowest BCUT2D eigenvalue weighted by Crippen LogP contribution is -2.22. The fourth-order valence-corrected chi connectivity index (χ4v) is 3.77. The molecule has 3 nitrogen and oxygen atoms in total. The van der Waals surface area contributed by atoms with Gasteiger partial charge < -0.3 is 14.8 Å². The second kappa shape index (κ2) is 7.82. The molecule has 1 atom stereocenters. The first-order valence-corrected chi connectivity index (χ1v) is 8.65. The fraction of sp³-hybridized carbons (Fsp3) is 0.375. The molecule has 1 aromatic heterocycles. The molecule has 2 rings (SSSR count). The van der Waals surface area contributed by atoms with Crippen molar-refractivity contribution in [2.75, 3.05) is 20.3 Å². The molecule has 0 bridgehead atoms. The molecular weight excluding hydrogens is 350 g/mol. The molecule has 0 aliphatic rings. The number of hydrogen-bond donors (Lipinski definition) is 1. The van der Waals surface area contributed by atoms with E-state index >= 15 is 0 Å². The van der Waals surface area contributed by atoms with E-state index in [1.165, 1.54) is 10.4 Å². The van der Waals surface area contributed by atoms with Crippen LogP contribution in [-0.2, 0) is 0 Å². The second-order valence-electron chi connectivity index (χ2n) is 4.46. The minimum absolute atomic E-state index is 0.106. The van der Waals surface area contributed by atoms with Gasteiger partial charge in [0.1, 0.15) is 11.5 Å². The Bertz CT molecular complexity index is 585. The zero-order valence-corrected chi connectivity index (χ0v) is 14.9. The highest BCUT2D eigenvalue weighted by molar-refractivity contribution is 9.10. The van der Waals surface area contributed by atoms with Crippen LogP contribution in [-0.4, -0.2) is 20.3 Å². The van der Waals surface area contributed by atoms with Crippen LogP contribution in [0.15, 0.2) is 34.1 Å². The van der Waals surface area contributed by atoms with E-state index in [9.17, 15) is 0 Å². The van der Waals surface area contributed by atoms with Gasteiger partial charge in [-0.3, -0.25) is 0 Å². The molecule has 1 heterocycles. The molecule has 5 heteroatoms. The maximum Gasteiger partial charge on any atom is 0.134 e. The monoisotopic (exact) mass is 369 g/mol. The van der Waals surface area contributed by atoms with Crippen molar-refractivity contribution in [2.24, 2.45) is 0 Å². The lowest BCUT2D eigenvalue weighted by molar-refractivity contribution is 0.340. The molecule has 0 saturated heterocycles. The number of methoxy groups -OCH3 is 1. The van der Waals surface area contributed by atoms with Gasteiger partial charge in [0.2, 0.25) is 0 Å². The van der Waals surface area contributed by atoms with E-state index < -0.39 is 0 Å². The van der Waals surface area contributed by atoms with E-state index in [1.54, 1.807) is 18.4 Å². The fourth-order valence-electron chi connectivity index (χ4n) is 2.23. The highest BCUT2D eigenvalue weighted by atomic mass is 79.9. The molecule has 0 spiro atoms. The Labute approximate surface area is 138 Å². The third-order valence-electron chi connectivity index (χ3n) is 3.14. The van der Waals surface area contributed by atoms with Crippen LogP contribution in [0.1, 0.15) is 30.3 Å². The Morgan fingerprint density at radius 2 is 2.10 bits per heavy atom. The molecule has 2 aromatic rings. The Balaban J connectivity index is 2.38. The number of nitrogens with one attached hydrogen (secondary N) is 1. The predicted molar refractivity (Wildman–Crippen MR) is 91.7 cm³/mol. The number of halogens is 1. The average Bonchev–Trinajstić information content (AvgIpc) is 2.94. The first kappa shape index (κ1) is 16.3. The van der Waals surface area contributed by atoms with Crippen LogP contribution in [0.2, 0.25) is 0 Å². The van der Waals surface area contributed by atoms with Crippen LogP contribution < -0.4 is 14.8 Å². The molecule has 0 aliphatic carbocycles. The van der Waals surface area contributed by atoms with Gasteiger partial charge in [0.15, 0.2) is 0 Å². The van der Waals surface area contributed by atoms with Crippen molar-refractivity contribution in [2.45, 2.75) is 19.9 Å². The topological polar surface area (TPSA) is 30.5 Å². The molecule has 0 aliphatic heterocycles. The molecule has 21 heavy (non-hydrogen) atoms. The molecule has 114 valence electrons. The lowest BCUT2D eigenvalue weighted by Gasteiger charge is -2.20. The van der Waals surface area contributed by atoms with Crippen LogP contribution in [0.3, 0.4) is 0 Å². The summed E-state index contributed by atoms with van der Waals surface area (Å²) >= 11 is 5.36. The molecule has 0 fully saturated rings. The van der Waals surface area contributed by atoms with E-state index in [2.05, 4.69) is 39.6 Å². The summed E-state index contributed by atoms with van der Waals surface area (Å²) in [5.74, 6) is 1.80. The summed E-state index contributed by atoms with van der Waals surface area (Å²) in [6, 6.07) is 8.24. The van der Waals surface area contributed by atoms with Gasteiger partial charge in [-0.05, 0) is 42.6 Å². The Kier molecular flexibility index (Phi) is 6.08.